The number of hydrogen-bond donors (Lipinski definition) is 0. The van der Waals surface area contributed by atoms with Crippen molar-refractivity contribution in [2.24, 2.45) is 0 Å². The predicted molar refractivity (Wildman–Crippen MR) is 82.1 cm³/mol. The number of hydrogen-bond acceptors (Lipinski definition) is 3. The second-order valence-corrected chi connectivity index (χ2v) is 6.92. The number of thiophene rings is 1. The van der Waals surface area contributed by atoms with Crippen LogP contribution in [0.5, 0.6) is 11.5 Å². The summed E-state index contributed by atoms with van der Waals surface area (Å²) in [6, 6.07) is 10.0. The number of halogens is 2. The molecule has 2 aromatic rings. The summed E-state index contributed by atoms with van der Waals surface area (Å²) >= 11 is 11.3. The van der Waals surface area contributed by atoms with Crippen molar-refractivity contribution in [2.75, 3.05) is 13.2 Å². The Morgan fingerprint density at radius 2 is 1.89 bits per heavy atom. The first kappa shape index (κ1) is 13.3. The minimum absolute atomic E-state index is 0.127. The van der Waals surface area contributed by atoms with Crippen molar-refractivity contribution in [3.05, 3.63) is 45.1 Å². The molecule has 0 spiro atoms. The lowest BCUT2D eigenvalue weighted by Crippen LogP contribution is -1.97. The molecule has 5 heteroatoms. The van der Waals surface area contributed by atoms with E-state index in [1.165, 1.54) is 4.88 Å². The van der Waals surface area contributed by atoms with Crippen molar-refractivity contribution < 1.29 is 9.47 Å². The molecule has 0 saturated heterocycles. The molecule has 0 N–H and O–H groups in total. The lowest BCUT2D eigenvalue weighted by atomic mass is 10.1. The SMILES string of the molecule is Clc1ccc(C(Br)c2ccc3c(c2)OCCCO3)s1. The zero-order valence-electron chi connectivity index (χ0n) is 10.1. The van der Waals surface area contributed by atoms with Gasteiger partial charge in [-0.3, -0.25) is 0 Å². The first-order chi connectivity index (χ1) is 9.24. The maximum atomic E-state index is 5.98. The molecule has 0 amide bonds. The fraction of sp³-hybridized carbons (Fsp3) is 0.286. The van der Waals surface area contributed by atoms with Crippen LogP contribution in [0.2, 0.25) is 4.34 Å². The molecule has 100 valence electrons. The van der Waals surface area contributed by atoms with E-state index in [0.717, 1.165) is 27.8 Å². The summed E-state index contributed by atoms with van der Waals surface area (Å²) in [7, 11) is 0. The van der Waals surface area contributed by atoms with E-state index in [2.05, 4.69) is 22.0 Å². The molecule has 19 heavy (non-hydrogen) atoms. The normalized spacial score (nSPS) is 15.9. The van der Waals surface area contributed by atoms with Crippen LogP contribution in [0, 0.1) is 0 Å². The average molecular weight is 360 g/mol. The van der Waals surface area contributed by atoms with Gasteiger partial charge in [0.15, 0.2) is 11.5 Å². The Balaban J connectivity index is 1.91. The molecule has 0 bridgehead atoms. The third-order valence-corrected chi connectivity index (χ3v) is 5.53. The van der Waals surface area contributed by atoms with Gasteiger partial charge in [-0.1, -0.05) is 33.6 Å². The molecular formula is C14H12BrClO2S. The predicted octanol–water partition coefficient (Wildman–Crippen LogP) is 5.05. The minimum Gasteiger partial charge on any atom is -0.490 e. The van der Waals surface area contributed by atoms with Crippen LogP contribution in [0.3, 0.4) is 0 Å². The highest BCUT2D eigenvalue weighted by atomic mass is 79.9. The molecule has 0 fully saturated rings. The monoisotopic (exact) mass is 358 g/mol. The van der Waals surface area contributed by atoms with Gasteiger partial charge >= 0.3 is 0 Å². The molecule has 1 aromatic carbocycles. The summed E-state index contributed by atoms with van der Waals surface area (Å²) in [6.45, 7) is 1.42. The van der Waals surface area contributed by atoms with E-state index in [1.807, 2.05) is 24.3 Å². The molecule has 1 aliphatic rings. The van der Waals surface area contributed by atoms with Gasteiger partial charge in [0.1, 0.15) is 0 Å². The van der Waals surface area contributed by atoms with Crippen LogP contribution in [0.1, 0.15) is 21.7 Å². The minimum atomic E-state index is 0.127. The summed E-state index contributed by atoms with van der Waals surface area (Å²) in [4.78, 5) is 1.31. The molecular weight excluding hydrogens is 348 g/mol. The van der Waals surface area contributed by atoms with Gasteiger partial charge < -0.3 is 9.47 Å². The van der Waals surface area contributed by atoms with E-state index in [-0.39, 0.29) is 4.83 Å². The molecule has 3 rings (SSSR count). The molecule has 2 nitrogen and oxygen atoms in total. The van der Waals surface area contributed by atoms with Crippen molar-refractivity contribution in [3.63, 3.8) is 0 Å². The van der Waals surface area contributed by atoms with Gasteiger partial charge in [0.05, 0.1) is 22.4 Å². The van der Waals surface area contributed by atoms with Crippen molar-refractivity contribution in [1.82, 2.24) is 0 Å². The Morgan fingerprint density at radius 1 is 1.11 bits per heavy atom. The van der Waals surface area contributed by atoms with Gasteiger partial charge in [0.25, 0.3) is 0 Å². The Kier molecular flexibility index (Phi) is 4.01. The van der Waals surface area contributed by atoms with E-state index in [9.17, 15) is 0 Å². The van der Waals surface area contributed by atoms with Gasteiger partial charge in [-0.25, -0.2) is 0 Å². The summed E-state index contributed by atoms with van der Waals surface area (Å²) < 4.78 is 12.1. The molecule has 0 saturated carbocycles. The lowest BCUT2D eigenvalue weighted by molar-refractivity contribution is 0.297. The van der Waals surface area contributed by atoms with Crippen LogP contribution in [-0.2, 0) is 0 Å². The van der Waals surface area contributed by atoms with Crippen LogP contribution < -0.4 is 9.47 Å². The Morgan fingerprint density at radius 3 is 2.63 bits per heavy atom. The Hall–Kier alpha value is -0.710. The number of fused-ring (bicyclic) bond motifs is 1. The largest absolute Gasteiger partial charge is 0.490 e. The number of benzene rings is 1. The number of rotatable bonds is 2. The third kappa shape index (κ3) is 2.91. The quantitative estimate of drug-likeness (QED) is 0.699. The van der Waals surface area contributed by atoms with Gasteiger partial charge in [-0.15, -0.1) is 11.3 Å². The van der Waals surface area contributed by atoms with E-state index in [0.29, 0.717) is 13.2 Å². The first-order valence-electron chi connectivity index (χ1n) is 6.03. The van der Waals surface area contributed by atoms with E-state index >= 15 is 0 Å². The summed E-state index contributed by atoms with van der Waals surface area (Å²) in [5.41, 5.74) is 1.14. The summed E-state index contributed by atoms with van der Waals surface area (Å²) in [5.74, 6) is 1.65. The van der Waals surface area contributed by atoms with Crippen molar-refractivity contribution >= 4 is 38.9 Å². The van der Waals surface area contributed by atoms with Crippen LogP contribution >= 0.6 is 38.9 Å². The summed E-state index contributed by atoms with van der Waals surface area (Å²) in [5, 5.41) is 0. The molecule has 2 heterocycles. The highest BCUT2D eigenvalue weighted by Gasteiger charge is 2.17. The van der Waals surface area contributed by atoms with Crippen LogP contribution in [0.25, 0.3) is 0 Å². The maximum Gasteiger partial charge on any atom is 0.161 e. The summed E-state index contributed by atoms with van der Waals surface area (Å²) in [6.07, 6.45) is 0.919. The van der Waals surface area contributed by atoms with Crippen LogP contribution in [0.4, 0.5) is 0 Å². The van der Waals surface area contributed by atoms with Crippen molar-refractivity contribution in [1.29, 1.82) is 0 Å². The molecule has 0 aliphatic carbocycles. The highest BCUT2D eigenvalue weighted by molar-refractivity contribution is 9.09. The first-order valence-corrected chi connectivity index (χ1v) is 8.14. The van der Waals surface area contributed by atoms with E-state index in [4.69, 9.17) is 21.1 Å². The number of alkyl halides is 1. The van der Waals surface area contributed by atoms with Gasteiger partial charge in [0.2, 0.25) is 0 Å². The Labute approximate surface area is 129 Å². The second kappa shape index (κ2) is 5.73. The van der Waals surface area contributed by atoms with E-state index in [1.54, 1.807) is 11.3 Å². The molecule has 1 atom stereocenters. The molecule has 1 aliphatic heterocycles. The lowest BCUT2D eigenvalue weighted by Gasteiger charge is -2.12. The topological polar surface area (TPSA) is 18.5 Å². The number of ether oxygens (including phenoxy) is 2. The molecule has 1 unspecified atom stereocenters. The van der Waals surface area contributed by atoms with Crippen molar-refractivity contribution in [2.45, 2.75) is 11.2 Å². The zero-order valence-corrected chi connectivity index (χ0v) is 13.2. The maximum absolute atomic E-state index is 5.98. The fourth-order valence-corrected chi connectivity index (χ4v) is 3.75. The third-order valence-electron chi connectivity index (χ3n) is 2.91. The highest BCUT2D eigenvalue weighted by Crippen LogP contribution is 2.40. The zero-order chi connectivity index (χ0) is 13.2. The van der Waals surface area contributed by atoms with Gasteiger partial charge in [-0.2, -0.15) is 0 Å². The van der Waals surface area contributed by atoms with Gasteiger partial charge in [0, 0.05) is 11.3 Å². The average Bonchev–Trinajstić information content (AvgIpc) is 2.72. The van der Waals surface area contributed by atoms with Crippen LogP contribution in [-0.4, -0.2) is 13.2 Å². The molecule has 0 radical (unpaired) electrons. The standard InChI is InChI=1S/C14H12BrClO2S/c15-14(12-4-5-13(16)19-12)9-2-3-10-11(8-9)18-7-1-6-17-10/h2-5,8,14H,1,6-7H2. The van der Waals surface area contributed by atoms with Gasteiger partial charge in [-0.05, 0) is 29.8 Å². The van der Waals surface area contributed by atoms with Crippen LogP contribution in [0.15, 0.2) is 30.3 Å². The molecule has 1 aromatic heterocycles. The Bertz CT molecular complexity index is 585. The van der Waals surface area contributed by atoms with E-state index < -0.39 is 0 Å². The second-order valence-electron chi connectivity index (χ2n) is 4.26. The van der Waals surface area contributed by atoms with Crippen molar-refractivity contribution in [3.8, 4) is 11.5 Å². The fourth-order valence-electron chi connectivity index (χ4n) is 1.97. The smallest absolute Gasteiger partial charge is 0.161 e.